The van der Waals surface area contributed by atoms with Crippen molar-refractivity contribution < 1.29 is 10.0 Å². The van der Waals surface area contributed by atoms with Crippen molar-refractivity contribution in [2.45, 2.75) is 12.5 Å². The maximum Gasteiger partial charge on any atom is 0.268 e. The second-order valence-electron chi connectivity index (χ2n) is 6.89. The zero-order valence-corrected chi connectivity index (χ0v) is 16.6. The van der Waals surface area contributed by atoms with Crippen LogP contribution < -0.4 is 5.48 Å². The molecule has 31 heavy (non-hydrogen) atoms. The smallest absolute Gasteiger partial charge is 0.268 e. The quantitative estimate of drug-likeness (QED) is 0.300. The van der Waals surface area contributed by atoms with Crippen LogP contribution in [0.4, 0.5) is 0 Å². The van der Waals surface area contributed by atoms with Crippen LogP contribution >= 0.6 is 0 Å². The standard InChI is InChI=1S/C25H20N4O2/c30-25(27-31)23(18-20-12-6-2-7-13-20)29-22(17-16-19-10-4-1-5-11-19)24(26-28-29)21-14-8-3-9-15-21/h1-15,23,31H,18H2,(H,27,30)/t23-/m0/s1. The first-order valence-corrected chi connectivity index (χ1v) is 9.82. The SMILES string of the molecule is O=C(NO)[C@H](Cc1ccccc1)n1nnc(-c2ccccc2)c1C#Cc1ccccc1. The van der Waals surface area contributed by atoms with Gasteiger partial charge in [-0.05, 0) is 23.6 Å². The Kier molecular flexibility index (Phi) is 6.17. The van der Waals surface area contributed by atoms with Gasteiger partial charge in [0.25, 0.3) is 5.91 Å². The van der Waals surface area contributed by atoms with Gasteiger partial charge in [-0.2, -0.15) is 0 Å². The fraction of sp³-hybridized carbons (Fsp3) is 0.0800. The van der Waals surface area contributed by atoms with Gasteiger partial charge in [-0.1, -0.05) is 90.0 Å². The van der Waals surface area contributed by atoms with E-state index in [9.17, 15) is 10.0 Å². The summed E-state index contributed by atoms with van der Waals surface area (Å²) in [5, 5.41) is 18.0. The highest BCUT2D eigenvalue weighted by Gasteiger charge is 2.26. The number of carbonyl (C=O) groups excluding carboxylic acids is 1. The van der Waals surface area contributed by atoms with Crippen molar-refractivity contribution in [3.63, 3.8) is 0 Å². The highest BCUT2D eigenvalue weighted by Crippen LogP contribution is 2.24. The number of hydrogen-bond acceptors (Lipinski definition) is 4. The largest absolute Gasteiger partial charge is 0.289 e. The predicted octanol–water partition coefficient (Wildman–Crippen LogP) is 3.63. The van der Waals surface area contributed by atoms with Gasteiger partial charge in [0.2, 0.25) is 0 Å². The molecular formula is C25H20N4O2. The molecule has 0 fully saturated rings. The van der Waals surface area contributed by atoms with Gasteiger partial charge < -0.3 is 0 Å². The Morgan fingerprint density at radius 3 is 2.16 bits per heavy atom. The summed E-state index contributed by atoms with van der Waals surface area (Å²) in [7, 11) is 0. The highest BCUT2D eigenvalue weighted by atomic mass is 16.5. The summed E-state index contributed by atoms with van der Waals surface area (Å²) in [6, 6.07) is 27.9. The third-order valence-corrected chi connectivity index (χ3v) is 4.82. The number of benzene rings is 3. The predicted molar refractivity (Wildman–Crippen MR) is 117 cm³/mol. The molecule has 152 valence electrons. The van der Waals surface area contributed by atoms with E-state index in [4.69, 9.17) is 0 Å². The molecule has 2 N–H and O–H groups in total. The van der Waals surface area contributed by atoms with Gasteiger partial charge in [0.15, 0.2) is 0 Å². The van der Waals surface area contributed by atoms with Gasteiger partial charge >= 0.3 is 0 Å². The number of carbonyl (C=O) groups is 1. The first kappa shape index (κ1) is 20.1. The van der Waals surface area contributed by atoms with Crippen molar-refractivity contribution in [1.82, 2.24) is 20.5 Å². The van der Waals surface area contributed by atoms with Gasteiger partial charge in [0.05, 0.1) is 0 Å². The fourth-order valence-electron chi connectivity index (χ4n) is 3.27. The lowest BCUT2D eigenvalue weighted by molar-refractivity contribution is -0.133. The minimum atomic E-state index is -0.822. The lowest BCUT2D eigenvalue weighted by Gasteiger charge is -2.16. The first-order chi connectivity index (χ1) is 15.3. The van der Waals surface area contributed by atoms with Crippen LogP contribution in [0.15, 0.2) is 91.0 Å². The van der Waals surface area contributed by atoms with Crippen molar-refractivity contribution in [1.29, 1.82) is 0 Å². The van der Waals surface area contributed by atoms with E-state index in [-0.39, 0.29) is 0 Å². The van der Waals surface area contributed by atoms with Gasteiger partial charge in [-0.3, -0.25) is 10.0 Å². The number of nitrogens with zero attached hydrogens (tertiary/aromatic N) is 3. The van der Waals surface area contributed by atoms with Gasteiger partial charge in [0, 0.05) is 17.5 Å². The molecule has 6 heteroatoms. The van der Waals surface area contributed by atoms with E-state index in [0.29, 0.717) is 17.8 Å². The number of aromatic nitrogens is 3. The molecule has 0 saturated carbocycles. The molecule has 6 nitrogen and oxygen atoms in total. The Bertz CT molecular complexity index is 1210. The molecule has 1 aromatic heterocycles. The van der Waals surface area contributed by atoms with Gasteiger partial charge in [0.1, 0.15) is 17.4 Å². The Hall–Kier alpha value is -4.21. The zero-order valence-electron chi connectivity index (χ0n) is 16.6. The average Bonchev–Trinajstić information content (AvgIpc) is 3.26. The molecule has 0 spiro atoms. The van der Waals surface area contributed by atoms with E-state index < -0.39 is 11.9 Å². The van der Waals surface area contributed by atoms with Gasteiger partial charge in [-0.15, -0.1) is 5.10 Å². The van der Waals surface area contributed by atoms with Gasteiger partial charge in [-0.25, -0.2) is 10.2 Å². The summed E-state index contributed by atoms with van der Waals surface area (Å²) in [5.41, 5.74) is 5.44. The molecule has 1 atom stereocenters. The zero-order chi connectivity index (χ0) is 21.5. The molecule has 4 aromatic rings. The number of rotatable bonds is 5. The van der Waals surface area contributed by atoms with Crippen LogP contribution in [-0.2, 0) is 11.2 Å². The molecule has 0 aliphatic carbocycles. The van der Waals surface area contributed by atoms with Crippen molar-refractivity contribution in [3.8, 4) is 23.1 Å². The number of amides is 1. The summed E-state index contributed by atoms with van der Waals surface area (Å²) in [6.07, 6.45) is 0.324. The molecule has 0 bridgehead atoms. The van der Waals surface area contributed by atoms with E-state index in [1.54, 1.807) is 5.48 Å². The Balaban J connectivity index is 1.83. The monoisotopic (exact) mass is 408 g/mol. The first-order valence-electron chi connectivity index (χ1n) is 9.82. The van der Waals surface area contributed by atoms with Crippen LogP contribution in [0.25, 0.3) is 11.3 Å². The van der Waals surface area contributed by atoms with E-state index in [1.807, 2.05) is 91.0 Å². The van der Waals surface area contributed by atoms with E-state index in [0.717, 1.165) is 16.7 Å². The minimum absolute atomic E-state index is 0.324. The van der Waals surface area contributed by atoms with Crippen LogP contribution in [0.1, 0.15) is 22.9 Å². The normalized spacial score (nSPS) is 11.3. The van der Waals surface area contributed by atoms with E-state index >= 15 is 0 Å². The third kappa shape index (κ3) is 4.69. The average molecular weight is 408 g/mol. The maximum atomic E-state index is 12.6. The summed E-state index contributed by atoms with van der Waals surface area (Å²) in [4.78, 5) is 12.6. The third-order valence-electron chi connectivity index (χ3n) is 4.82. The van der Waals surface area contributed by atoms with Crippen LogP contribution in [0.5, 0.6) is 0 Å². The van der Waals surface area contributed by atoms with Crippen LogP contribution in [0, 0.1) is 11.8 Å². The second kappa shape index (κ2) is 9.53. The molecule has 0 aliphatic rings. The number of nitrogens with one attached hydrogen (secondary N) is 1. The molecule has 1 amide bonds. The molecular weight excluding hydrogens is 388 g/mol. The summed E-state index contributed by atoms with van der Waals surface area (Å²) in [5.74, 6) is 5.69. The molecule has 0 aliphatic heterocycles. The van der Waals surface area contributed by atoms with Crippen molar-refractivity contribution in [2.24, 2.45) is 0 Å². The molecule has 4 rings (SSSR count). The Morgan fingerprint density at radius 2 is 1.52 bits per heavy atom. The van der Waals surface area contributed by atoms with Crippen molar-refractivity contribution in [2.75, 3.05) is 0 Å². The van der Waals surface area contributed by atoms with E-state index in [1.165, 1.54) is 4.68 Å². The molecule has 0 radical (unpaired) electrons. The Labute approximate surface area is 180 Å². The lowest BCUT2D eigenvalue weighted by Crippen LogP contribution is -2.33. The Morgan fingerprint density at radius 1 is 0.903 bits per heavy atom. The number of hydroxylamine groups is 1. The van der Waals surface area contributed by atoms with Crippen LogP contribution in [0.2, 0.25) is 0 Å². The summed E-state index contributed by atoms with van der Waals surface area (Å²) in [6.45, 7) is 0. The summed E-state index contributed by atoms with van der Waals surface area (Å²) < 4.78 is 1.48. The summed E-state index contributed by atoms with van der Waals surface area (Å²) >= 11 is 0. The van der Waals surface area contributed by atoms with Crippen molar-refractivity contribution in [3.05, 3.63) is 108 Å². The molecule has 3 aromatic carbocycles. The second-order valence-corrected chi connectivity index (χ2v) is 6.89. The molecule has 0 unspecified atom stereocenters. The minimum Gasteiger partial charge on any atom is -0.289 e. The molecule has 0 saturated heterocycles. The lowest BCUT2D eigenvalue weighted by atomic mass is 10.0. The van der Waals surface area contributed by atoms with Crippen LogP contribution in [0.3, 0.4) is 0 Å². The molecule has 1 heterocycles. The maximum absolute atomic E-state index is 12.6. The van der Waals surface area contributed by atoms with Crippen LogP contribution in [-0.4, -0.2) is 26.1 Å². The van der Waals surface area contributed by atoms with E-state index in [2.05, 4.69) is 22.2 Å². The fourth-order valence-corrected chi connectivity index (χ4v) is 3.27. The van der Waals surface area contributed by atoms with Crippen molar-refractivity contribution >= 4 is 5.91 Å². The highest BCUT2D eigenvalue weighted by molar-refractivity contribution is 5.80. The topological polar surface area (TPSA) is 80.0 Å². The number of hydrogen-bond donors (Lipinski definition) is 2.